The van der Waals surface area contributed by atoms with Gasteiger partial charge in [-0.3, -0.25) is 4.72 Å². The summed E-state index contributed by atoms with van der Waals surface area (Å²) in [7, 11) is -3.97. The molecule has 1 aromatic carbocycles. The largest absolute Gasteiger partial charge is 0.416 e. The molecule has 0 atom stereocenters. The summed E-state index contributed by atoms with van der Waals surface area (Å²) in [4.78, 5) is 0. The molecule has 0 aliphatic rings. The van der Waals surface area contributed by atoms with Crippen LogP contribution in [0.1, 0.15) is 5.56 Å². The summed E-state index contributed by atoms with van der Waals surface area (Å²) in [6.45, 7) is 0. The van der Waals surface area contributed by atoms with E-state index in [2.05, 4.69) is 0 Å². The monoisotopic (exact) mass is 341 g/mol. The molecule has 0 aliphatic carbocycles. The number of hydrogen-bond donors (Lipinski definition) is 1. The standard InChI is InChI=1S/C8H5Cl3F3NO2S/c9-3-18(16,17)15-6-2-4(8(12,13)14)1-5(10)7(6)11/h1-2,15H,3H2. The molecule has 1 N–H and O–H groups in total. The molecule has 10 heteroatoms. The smallest absolute Gasteiger partial charge is 0.281 e. The zero-order valence-corrected chi connectivity index (χ0v) is 11.4. The van der Waals surface area contributed by atoms with E-state index in [1.807, 2.05) is 4.72 Å². The van der Waals surface area contributed by atoms with Gasteiger partial charge in [-0.15, -0.1) is 11.6 Å². The maximum absolute atomic E-state index is 12.5. The lowest BCUT2D eigenvalue weighted by molar-refractivity contribution is -0.137. The van der Waals surface area contributed by atoms with Crippen molar-refractivity contribution in [2.45, 2.75) is 6.18 Å². The van der Waals surface area contributed by atoms with E-state index in [9.17, 15) is 21.6 Å². The van der Waals surface area contributed by atoms with Crippen molar-refractivity contribution in [3.63, 3.8) is 0 Å². The van der Waals surface area contributed by atoms with Crippen LogP contribution in [-0.4, -0.2) is 13.6 Å². The number of rotatable bonds is 3. The number of nitrogens with one attached hydrogen (secondary N) is 1. The van der Waals surface area contributed by atoms with Crippen LogP contribution in [0, 0.1) is 0 Å². The molecule has 0 heterocycles. The number of anilines is 1. The first-order valence-corrected chi connectivity index (χ1v) is 7.14. The van der Waals surface area contributed by atoms with E-state index < -0.39 is 37.7 Å². The molecule has 0 spiro atoms. The van der Waals surface area contributed by atoms with Crippen LogP contribution in [0.2, 0.25) is 10.0 Å². The van der Waals surface area contributed by atoms with Gasteiger partial charge >= 0.3 is 6.18 Å². The Labute approximate surface area is 116 Å². The van der Waals surface area contributed by atoms with Gasteiger partial charge in [-0.2, -0.15) is 13.2 Å². The molecular weight excluding hydrogens is 338 g/mol. The van der Waals surface area contributed by atoms with Gasteiger partial charge in [-0.25, -0.2) is 8.42 Å². The molecule has 1 rings (SSSR count). The van der Waals surface area contributed by atoms with Crippen LogP contribution in [0.4, 0.5) is 18.9 Å². The highest BCUT2D eigenvalue weighted by atomic mass is 35.5. The summed E-state index contributed by atoms with van der Waals surface area (Å²) >= 11 is 16.2. The Morgan fingerprint density at radius 2 is 1.78 bits per heavy atom. The third-order valence-electron chi connectivity index (χ3n) is 1.76. The molecular formula is C8H5Cl3F3NO2S. The van der Waals surface area contributed by atoms with Gasteiger partial charge < -0.3 is 0 Å². The maximum Gasteiger partial charge on any atom is 0.416 e. The minimum atomic E-state index is -4.67. The van der Waals surface area contributed by atoms with Crippen molar-refractivity contribution in [2.24, 2.45) is 0 Å². The molecule has 0 amide bonds. The molecule has 0 unspecified atom stereocenters. The van der Waals surface area contributed by atoms with Crippen LogP contribution in [0.15, 0.2) is 12.1 Å². The summed E-state index contributed by atoms with van der Waals surface area (Å²) in [5, 5.41) is -1.57. The zero-order valence-electron chi connectivity index (χ0n) is 8.35. The topological polar surface area (TPSA) is 46.2 Å². The van der Waals surface area contributed by atoms with E-state index in [0.29, 0.717) is 12.1 Å². The molecule has 0 saturated heterocycles. The predicted molar refractivity (Wildman–Crippen MR) is 64.7 cm³/mol. The van der Waals surface area contributed by atoms with Gasteiger partial charge in [0.2, 0.25) is 10.0 Å². The Morgan fingerprint density at radius 3 is 2.22 bits per heavy atom. The predicted octanol–water partition coefficient (Wildman–Crippen LogP) is 3.95. The van der Waals surface area contributed by atoms with E-state index in [1.165, 1.54) is 0 Å². The molecule has 0 aliphatic heterocycles. The molecule has 0 aromatic heterocycles. The van der Waals surface area contributed by atoms with Gasteiger partial charge in [0.15, 0.2) is 0 Å². The number of sulfonamides is 1. The van der Waals surface area contributed by atoms with Gasteiger partial charge in [0, 0.05) is 0 Å². The first-order valence-electron chi connectivity index (χ1n) is 4.19. The molecule has 0 saturated carbocycles. The molecule has 0 bridgehead atoms. The molecule has 18 heavy (non-hydrogen) atoms. The van der Waals surface area contributed by atoms with E-state index >= 15 is 0 Å². The van der Waals surface area contributed by atoms with E-state index in [1.54, 1.807) is 0 Å². The van der Waals surface area contributed by atoms with E-state index in [-0.39, 0.29) is 5.02 Å². The highest BCUT2D eigenvalue weighted by Crippen LogP contribution is 2.38. The molecule has 1 aromatic rings. The second-order valence-electron chi connectivity index (χ2n) is 3.14. The minimum absolute atomic E-state index is 0.335. The Morgan fingerprint density at radius 1 is 1.22 bits per heavy atom. The number of halogens is 6. The van der Waals surface area contributed by atoms with Crippen LogP contribution in [0.5, 0.6) is 0 Å². The minimum Gasteiger partial charge on any atom is -0.281 e. The Bertz CT molecular complexity index is 559. The summed E-state index contributed by atoms with van der Waals surface area (Å²) in [6.07, 6.45) is -4.67. The maximum atomic E-state index is 12.5. The van der Waals surface area contributed by atoms with Crippen LogP contribution in [0.25, 0.3) is 0 Å². The van der Waals surface area contributed by atoms with Gasteiger partial charge in [0.1, 0.15) is 5.21 Å². The first-order chi connectivity index (χ1) is 8.07. The van der Waals surface area contributed by atoms with Crippen molar-refractivity contribution >= 4 is 50.5 Å². The van der Waals surface area contributed by atoms with Gasteiger partial charge in [0.05, 0.1) is 21.3 Å². The first kappa shape index (κ1) is 15.7. The average Bonchev–Trinajstić information content (AvgIpc) is 2.22. The normalized spacial score (nSPS) is 12.6. The van der Waals surface area contributed by atoms with E-state index in [0.717, 1.165) is 0 Å². The van der Waals surface area contributed by atoms with Crippen molar-refractivity contribution in [2.75, 3.05) is 9.93 Å². The van der Waals surface area contributed by atoms with E-state index in [4.69, 9.17) is 34.8 Å². The summed E-state index contributed by atoms with van der Waals surface area (Å²) in [5.74, 6) is 0. The summed E-state index contributed by atoms with van der Waals surface area (Å²) in [6, 6.07) is 1.14. The Balaban J connectivity index is 3.32. The Kier molecular flexibility index (Phi) is 4.64. The van der Waals surface area contributed by atoms with Crippen molar-refractivity contribution in [1.29, 1.82) is 0 Å². The number of hydrogen-bond acceptors (Lipinski definition) is 2. The zero-order chi connectivity index (χ0) is 14.1. The average molecular weight is 343 g/mol. The fourth-order valence-electron chi connectivity index (χ4n) is 1.02. The summed E-state index contributed by atoms with van der Waals surface area (Å²) < 4.78 is 61.6. The molecule has 0 radical (unpaired) electrons. The fraction of sp³-hybridized carbons (Fsp3) is 0.250. The SMILES string of the molecule is O=S(=O)(CCl)Nc1cc(C(F)(F)F)cc(Cl)c1Cl. The second-order valence-corrected chi connectivity index (χ2v) is 6.23. The fourth-order valence-corrected chi connectivity index (χ4v) is 2.17. The number of alkyl halides is 4. The lowest BCUT2D eigenvalue weighted by Crippen LogP contribution is -2.15. The second kappa shape index (κ2) is 5.32. The summed E-state index contributed by atoms with van der Waals surface area (Å²) in [5.41, 5.74) is -1.60. The van der Waals surface area contributed by atoms with Crippen LogP contribution in [-0.2, 0) is 16.2 Å². The molecule has 0 fully saturated rings. The van der Waals surface area contributed by atoms with Crippen LogP contribution < -0.4 is 4.72 Å². The molecule has 102 valence electrons. The van der Waals surface area contributed by atoms with Crippen molar-refractivity contribution < 1.29 is 21.6 Å². The lowest BCUT2D eigenvalue weighted by atomic mass is 10.2. The highest BCUT2D eigenvalue weighted by Gasteiger charge is 2.32. The highest BCUT2D eigenvalue weighted by molar-refractivity contribution is 7.93. The quantitative estimate of drug-likeness (QED) is 0.846. The van der Waals surface area contributed by atoms with Gasteiger partial charge in [0.25, 0.3) is 0 Å². The Hall–Kier alpha value is -0.370. The third-order valence-corrected chi connectivity index (χ3v) is 4.25. The molecule has 3 nitrogen and oxygen atoms in total. The number of benzene rings is 1. The van der Waals surface area contributed by atoms with Crippen LogP contribution in [0.3, 0.4) is 0 Å². The van der Waals surface area contributed by atoms with Crippen molar-refractivity contribution in [3.05, 3.63) is 27.7 Å². The van der Waals surface area contributed by atoms with Crippen molar-refractivity contribution in [3.8, 4) is 0 Å². The van der Waals surface area contributed by atoms with Crippen molar-refractivity contribution in [1.82, 2.24) is 0 Å². The lowest BCUT2D eigenvalue weighted by Gasteiger charge is -2.13. The third kappa shape index (κ3) is 3.81. The van der Waals surface area contributed by atoms with Crippen LogP contribution >= 0.6 is 34.8 Å². The van der Waals surface area contributed by atoms with Gasteiger partial charge in [-0.05, 0) is 12.1 Å². The van der Waals surface area contributed by atoms with Gasteiger partial charge in [-0.1, -0.05) is 23.2 Å².